The first-order chi connectivity index (χ1) is 9.51. The molecule has 20 heavy (non-hydrogen) atoms. The van der Waals surface area contributed by atoms with E-state index in [1.165, 1.54) is 0 Å². The molecule has 0 aliphatic carbocycles. The third-order valence-electron chi connectivity index (χ3n) is 3.30. The van der Waals surface area contributed by atoms with Gasteiger partial charge < -0.3 is 21.1 Å². The summed E-state index contributed by atoms with van der Waals surface area (Å²) in [6.45, 7) is 5.87. The standard InChI is InChI=1S/C14H29N3O3/c1-11(2)12(6-7-15)4-5-13(18)17-10-14(19)16-8-9-20-3/h11-12H,4-10,15H2,1-3H3,(H,16,19)(H,17,18). The topological polar surface area (TPSA) is 93.5 Å². The number of nitrogens with two attached hydrogens (primary N) is 1. The van der Waals surface area contributed by atoms with Gasteiger partial charge in [0.05, 0.1) is 13.2 Å². The summed E-state index contributed by atoms with van der Waals surface area (Å²) in [5.74, 6) is 0.692. The van der Waals surface area contributed by atoms with Gasteiger partial charge >= 0.3 is 0 Å². The molecule has 0 saturated heterocycles. The van der Waals surface area contributed by atoms with E-state index < -0.39 is 0 Å². The first-order valence-electron chi connectivity index (χ1n) is 7.23. The SMILES string of the molecule is COCCNC(=O)CNC(=O)CCC(CCN)C(C)C. The normalized spacial score (nSPS) is 12.2. The largest absolute Gasteiger partial charge is 0.383 e. The summed E-state index contributed by atoms with van der Waals surface area (Å²) in [5, 5.41) is 5.27. The summed E-state index contributed by atoms with van der Waals surface area (Å²) < 4.78 is 4.82. The third-order valence-corrected chi connectivity index (χ3v) is 3.30. The summed E-state index contributed by atoms with van der Waals surface area (Å²) in [5.41, 5.74) is 5.57. The van der Waals surface area contributed by atoms with E-state index in [1.807, 2.05) is 0 Å². The molecule has 6 nitrogen and oxygen atoms in total. The maximum absolute atomic E-state index is 11.7. The highest BCUT2D eigenvalue weighted by Crippen LogP contribution is 2.20. The lowest BCUT2D eigenvalue weighted by atomic mass is 9.88. The van der Waals surface area contributed by atoms with Gasteiger partial charge in [-0.1, -0.05) is 13.8 Å². The molecule has 0 rings (SSSR count). The molecule has 0 heterocycles. The summed E-state index contributed by atoms with van der Waals surface area (Å²) in [4.78, 5) is 23.0. The first-order valence-corrected chi connectivity index (χ1v) is 7.23. The Bertz CT molecular complexity index is 283. The number of carbonyl (C=O) groups excluding carboxylic acids is 2. The van der Waals surface area contributed by atoms with Crippen molar-refractivity contribution >= 4 is 11.8 Å². The van der Waals surface area contributed by atoms with E-state index in [-0.39, 0.29) is 18.4 Å². The molecular weight excluding hydrogens is 258 g/mol. The fourth-order valence-corrected chi connectivity index (χ4v) is 1.96. The van der Waals surface area contributed by atoms with Crippen LogP contribution in [0.2, 0.25) is 0 Å². The third kappa shape index (κ3) is 9.75. The number of hydrogen-bond donors (Lipinski definition) is 3. The van der Waals surface area contributed by atoms with Crippen LogP contribution in [0.25, 0.3) is 0 Å². The van der Waals surface area contributed by atoms with Crippen LogP contribution in [0.1, 0.15) is 33.1 Å². The van der Waals surface area contributed by atoms with Gasteiger partial charge in [0.15, 0.2) is 0 Å². The monoisotopic (exact) mass is 287 g/mol. The Hall–Kier alpha value is -1.14. The Balaban J connectivity index is 3.79. The summed E-state index contributed by atoms with van der Waals surface area (Å²) in [6, 6.07) is 0. The van der Waals surface area contributed by atoms with Crippen LogP contribution in [0, 0.1) is 11.8 Å². The first kappa shape index (κ1) is 18.9. The van der Waals surface area contributed by atoms with Crippen LogP contribution >= 0.6 is 0 Å². The molecule has 6 heteroatoms. The quantitative estimate of drug-likeness (QED) is 0.475. The van der Waals surface area contributed by atoms with Crippen LogP contribution in [-0.2, 0) is 14.3 Å². The molecule has 2 amide bonds. The fraction of sp³-hybridized carbons (Fsp3) is 0.857. The highest BCUT2D eigenvalue weighted by molar-refractivity contribution is 5.84. The number of ether oxygens (including phenoxy) is 1. The predicted octanol–water partition coefficient (Wildman–Crippen LogP) is 0.266. The van der Waals surface area contributed by atoms with Gasteiger partial charge in [-0.15, -0.1) is 0 Å². The van der Waals surface area contributed by atoms with Crippen molar-refractivity contribution in [3.8, 4) is 0 Å². The Kier molecular flexibility index (Phi) is 11.0. The molecule has 0 fully saturated rings. The lowest BCUT2D eigenvalue weighted by Crippen LogP contribution is -2.38. The molecule has 0 aliphatic heterocycles. The predicted molar refractivity (Wildman–Crippen MR) is 79.1 cm³/mol. The van der Waals surface area contributed by atoms with Crippen molar-refractivity contribution in [2.75, 3.05) is 33.4 Å². The van der Waals surface area contributed by atoms with E-state index in [1.54, 1.807) is 7.11 Å². The van der Waals surface area contributed by atoms with Crippen LogP contribution in [-0.4, -0.2) is 45.2 Å². The van der Waals surface area contributed by atoms with Gasteiger partial charge in [-0.3, -0.25) is 9.59 Å². The molecule has 0 saturated carbocycles. The lowest BCUT2D eigenvalue weighted by molar-refractivity contribution is -0.126. The number of rotatable bonds is 11. The molecule has 0 aromatic carbocycles. The number of nitrogens with one attached hydrogen (secondary N) is 2. The minimum absolute atomic E-state index is 0.0196. The van der Waals surface area contributed by atoms with Gasteiger partial charge in [0.25, 0.3) is 0 Å². The molecular formula is C14H29N3O3. The van der Waals surface area contributed by atoms with Crippen molar-refractivity contribution in [1.29, 1.82) is 0 Å². The van der Waals surface area contributed by atoms with E-state index in [4.69, 9.17) is 10.5 Å². The van der Waals surface area contributed by atoms with Crippen LogP contribution < -0.4 is 16.4 Å². The highest BCUT2D eigenvalue weighted by atomic mass is 16.5. The van der Waals surface area contributed by atoms with Crippen molar-refractivity contribution in [2.45, 2.75) is 33.1 Å². The van der Waals surface area contributed by atoms with E-state index in [9.17, 15) is 9.59 Å². The van der Waals surface area contributed by atoms with Crippen molar-refractivity contribution in [3.05, 3.63) is 0 Å². The van der Waals surface area contributed by atoms with Crippen molar-refractivity contribution in [1.82, 2.24) is 10.6 Å². The summed E-state index contributed by atoms with van der Waals surface area (Å²) in [6.07, 6.45) is 2.18. The van der Waals surface area contributed by atoms with Gasteiger partial charge in [-0.05, 0) is 31.2 Å². The zero-order valence-electron chi connectivity index (χ0n) is 12.9. The molecule has 0 aromatic heterocycles. The molecule has 0 aliphatic rings. The van der Waals surface area contributed by atoms with Gasteiger partial charge in [0, 0.05) is 20.1 Å². The Morgan fingerprint density at radius 2 is 1.85 bits per heavy atom. The molecule has 0 aromatic rings. The highest BCUT2D eigenvalue weighted by Gasteiger charge is 2.14. The zero-order valence-corrected chi connectivity index (χ0v) is 12.9. The second kappa shape index (κ2) is 11.7. The fourth-order valence-electron chi connectivity index (χ4n) is 1.96. The Morgan fingerprint density at radius 3 is 2.40 bits per heavy atom. The maximum atomic E-state index is 11.7. The summed E-state index contributed by atoms with van der Waals surface area (Å²) >= 11 is 0. The molecule has 0 radical (unpaired) electrons. The van der Waals surface area contributed by atoms with E-state index in [0.717, 1.165) is 12.8 Å². The number of hydrogen-bond acceptors (Lipinski definition) is 4. The maximum Gasteiger partial charge on any atom is 0.239 e. The van der Waals surface area contributed by atoms with Gasteiger partial charge in [0.1, 0.15) is 0 Å². The average molecular weight is 287 g/mol. The molecule has 0 spiro atoms. The number of methoxy groups -OCH3 is 1. The minimum Gasteiger partial charge on any atom is -0.383 e. The lowest BCUT2D eigenvalue weighted by Gasteiger charge is -2.19. The van der Waals surface area contributed by atoms with Gasteiger partial charge in [0.2, 0.25) is 11.8 Å². The second-order valence-electron chi connectivity index (χ2n) is 5.24. The van der Waals surface area contributed by atoms with Crippen molar-refractivity contribution < 1.29 is 14.3 Å². The van der Waals surface area contributed by atoms with Crippen molar-refractivity contribution in [2.24, 2.45) is 17.6 Å². The van der Waals surface area contributed by atoms with E-state index >= 15 is 0 Å². The minimum atomic E-state index is -0.197. The van der Waals surface area contributed by atoms with Crippen LogP contribution in [0.5, 0.6) is 0 Å². The molecule has 4 N–H and O–H groups in total. The van der Waals surface area contributed by atoms with Crippen molar-refractivity contribution in [3.63, 3.8) is 0 Å². The Labute approximate surface area is 121 Å². The van der Waals surface area contributed by atoms with Crippen LogP contribution in [0.3, 0.4) is 0 Å². The van der Waals surface area contributed by atoms with Crippen LogP contribution in [0.4, 0.5) is 0 Å². The van der Waals surface area contributed by atoms with E-state index in [0.29, 0.717) is 38.0 Å². The molecule has 1 unspecified atom stereocenters. The van der Waals surface area contributed by atoms with Gasteiger partial charge in [-0.2, -0.15) is 0 Å². The van der Waals surface area contributed by atoms with Crippen LogP contribution in [0.15, 0.2) is 0 Å². The number of carbonyl (C=O) groups is 2. The zero-order chi connectivity index (χ0) is 15.4. The van der Waals surface area contributed by atoms with E-state index in [2.05, 4.69) is 24.5 Å². The average Bonchev–Trinajstić information content (AvgIpc) is 2.41. The molecule has 1 atom stereocenters. The second-order valence-corrected chi connectivity index (χ2v) is 5.24. The summed E-state index contributed by atoms with van der Waals surface area (Å²) in [7, 11) is 1.57. The molecule has 0 bridgehead atoms. The van der Waals surface area contributed by atoms with Gasteiger partial charge in [-0.25, -0.2) is 0 Å². The Morgan fingerprint density at radius 1 is 1.15 bits per heavy atom. The smallest absolute Gasteiger partial charge is 0.239 e. The number of amides is 2. The molecule has 118 valence electrons.